The van der Waals surface area contributed by atoms with Crippen LogP contribution in [0, 0.1) is 11.3 Å². The van der Waals surface area contributed by atoms with Crippen LogP contribution in [0.3, 0.4) is 0 Å². The second-order valence-corrected chi connectivity index (χ2v) is 3.79. The van der Waals surface area contributed by atoms with Crippen molar-refractivity contribution in [2.24, 2.45) is 0 Å². The molecule has 1 rings (SSSR count). The van der Waals surface area contributed by atoms with E-state index in [4.69, 9.17) is 26.7 Å². The molecule has 1 N–H and O–H groups in total. The third-order valence-electron chi connectivity index (χ3n) is 2.18. The molecular formula is C11H12ClN3O3. The van der Waals surface area contributed by atoms with Gasteiger partial charge in [0.15, 0.2) is 0 Å². The maximum absolute atomic E-state index is 10.8. The summed E-state index contributed by atoms with van der Waals surface area (Å²) in [5.74, 6) is -0.735. The fourth-order valence-corrected chi connectivity index (χ4v) is 1.64. The number of anilines is 1. The summed E-state index contributed by atoms with van der Waals surface area (Å²) < 4.78 is 4.90. The van der Waals surface area contributed by atoms with Crippen molar-refractivity contribution in [2.45, 2.75) is 0 Å². The quantitative estimate of drug-likeness (QED) is 0.833. The highest BCUT2D eigenvalue weighted by Crippen LogP contribution is 2.26. The van der Waals surface area contributed by atoms with Gasteiger partial charge in [-0.15, -0.1) is 0 Å². The minimum atomic E-state index is -1.01. The van der Waals surface area contributed by atoms with Gasteiger partial charge in [-0.2, -0.15) is 5.26 Å². The molecule has 0 radical (unpaired) electrons. The van der Waals surface area contributed by atoms with Crippen molar-refractivity contribution in [3.05, 3.63) is 22.8 Å². The molecule has 0 aromatic carbocycles. The first-order chi connectivity index (χ1) is 8.60. The van der Waals surface area contributed by atoms with Crippen molar-refractivity contribution in [3.8, 4) is 6.07 Å². The molecule has 1 aromatic rings. The monoisotopic (exact) mass is 269 g/mol. The van der Waals surface area contributed by atoms with Gasteiger partial charge in [0, 0.05) is 19.9 Å². The van der Waals surface area contributed by atoms with E-state index >= 15 is 0 Å². The van der Waals surface area contributed by atoms with Gasteiger partial charge in [-0.3, -0.25) is 4.79 Å². The van der Waals surface area contributed by atoms with Crippen LogP contribution >= 0.6 is 11.6 Å². The number of nitrogens with zero attached hydrogens (tertiary/aromatic N) is 3. The van der Waals surface area contributed by atoms with E-state index in [1.165, 1.54) is 24.3 Å². The fourth-order valence-electron chi connectivity index (χ4n) is 1.36. The summed E-state index contributed by atoms with van der Waals surface area (Å²) in [6.07, 6.45) is 1.42. The number of halogens is 1. The molecule has 0 amide bonds. The molecule has 0 unspecified atom stereocenters. The van der Waals surface area contributed by atoms with Crippen LogP contribution in [0.5, 0.6) is 0 Å². The van der Waals surface area contributed by atoms with Crippen molar-refractivity contribution in [1.29, 1.82) is 5.26 Å². The van der Waals surface area contributed by atoms with Crippen LogP contribution in [0.25, 0.3) is 0 Å². The first kappa shape index (κ1) is 14.2. The Labute approximate surface area is 109 Å². The van der Waals surface area contributed by atoms with Gasteiger partial charge in [0.25, 0.3) is 0 Å². The summed E-state index contributed by atoms with van der Waals surface area (Å²) in [5.41, 5.74) is 0.259. The van der Waals surface area contributed by atoms with Gasteiger partial charge < -0.3 is 14.7 Å². The lowest BCUT2D eigenvalue weighted by Gasteiger charge is -2.22. The standard InChI is InChI=1S/C11H12ClN3O3/c1-18-5-4-15(7-9(16)17)11-10(12)8(6-13)2-3-14-11/h2-3H,4-5,7H2,1H3,(H,16,17). The minimum Gasteiger partial charge on any atom is -0.480 e. The maximum atomic E-state index is 10.8. The van der Waals surface area contributed by atoms with Crippen LogP contribution in [0.15, 0.2) is 12.3 Å². The van der Waals surface area contributed by atoms with E-state index < -0.39 is 5.97 Å². The van der Waals surface area contributed by atoms with Gasteiger partial charge in [-0.05, 0) is 6.07 Å². The molecule has 1 aromatic heterocycles. The molecule has 0 bridgehead atoms. The van der Waals surface area contributed by atoms with Crippen molar-refractivity contribution in [1.82, 2.24) is 4.98 Å². The SMILES string of the molecule is COCCN(CC(=O)O)c1nccc(C#N)c1Cl. The number of nitriles is 1. The lowest BCUT2D eigenvalue weighted by atomic mass is 10.2. The number of hydrogen-bond donors (Lipinski definition) is 1. The van der Waals surface area contributed by atoms with E-state index in [1.54, 1.807) is 0 Å². The van der Waals surface area contributed by atoms with E-state index in [-0.39, 0.29) is 22.9 Å². The smallest absolute Gasteiger partial charge is 0.323 e. The van der Waals surface area contributed by atoms with Crippen LogP contribution < -0.4 is 4.90 Å². The third kappa shape index (κ3) is 3.58. The van der Waals surface area contributed by atoms with E-state index in [1.807, 2.05) is 6.07 Å². The Morgan fingerprint density at radius 3 is 3.00 bits per heavy atom. The minimum absolute atomic E-state index is 0.150. The van der Waals surface area contributed by atoms with Crippen LogP contribution in [0.1, 0.15) is 5.56 Å². The third-order valence-corrected chi connectivity index (χ3v) is 2.55. The lowest BCUT2D eigenvalue weighted by Crippen LogP contribution is -2.33. The van der Waals surface area contributed by atoms with E-state index in [0.29, 0.717) is 13.2 Å². The molecule has 0 saturated carbocycles. The Morgan fingerprint density at radius 1 is 1.72 bits per heavy atom. The molecule has 0 aliphatic heterocycles. The predicted octanol–water partition coefficient (Wildman–Crippen LogP) is 1.14. The molecule has 7 heteroatoms. The lowest BCUT2D eigenvalue weighted by molar-refractivity contribution is -0.135. The zero-order valence-corrected chi connectivity index (χ0v) is 10.5. The van der Waals surface area contributed by atoms with Gasteiger partial charge in [0.1, 0.15) is 23.5 Å². The van der Waals surface area contributed by atoms with Gasteiger partial charge in [0.05, 0.1) is 12.2 Å². The molecule has 0 saturated heterocycles. The Kier molecular flexibility index (Phi) is 5.36. The Hall–Kier alpha value is -1.84. The number of aliphatic carboxylic acids is 1. The first-order valence-electron chi connectivity index (χ1n) is 5.10. The molecule has 0 aliphatic rings. The van der Waals surface area contributed by atoms with E-state index in [2.05, 4.69) is 4.98 Å². The first-order valence-corrected chi connectivity index (χ1v) is 5.48. The number of ether oxygens (including phenoxy) is 1. The number of hydrogen-bond acceptors (Lipinski definition) is 5. The number of aromatic nitrogens is 1. The molecule has 0 aliphatic carbocycles. The second-order valence-electron chi connectivity index (χ2n) is 3.42. The molecule has 0 fully saturated rings. The zero-order valence-electron chi connectivity index (χ0n) is 9.76. The highest BCUT2D eigenvalue weighted by atomic mass is 35.5. The van der Waals surface area contributed by atoms with Crippen molar-refractivity contribution >= 4 is 23.4 Å². The van der Waals surface area contributed by atoms with Crippen LogP contribution in [-0.4, -0.2) is 42.9 Å². The number of carboxylic acids is 1. The summed E-state index contributed by atoms with van der Waals surface area (Å²) in [6.45, 7) is 0.400. The second kappa shape index (κ2) is 6.79. The normalized spacial score (nSPS) is 9.83. The van der Waals surface area contributed by atoms with Crippen molar-refractivity contribution in [2.75, 3.05) is 31.7 Å². The highest BCUT2D eigenvalue weighted by Gasteiger charge is 2.17. The van der Waals surface area contributed by atoms with Crippen LogP contribution in [0.4, 0.5) is 5.82 Å². The maximum Gasteiger partial charge on any atom is 0.323 e. The summed E-state index contributed by atoms with van der Waals surface area (Å²) in [4.78, 5) is 16.3. The average molecular weight is 270 g/mol. The zero-order chi connectivity index (χ0) is 13.5. The van der Waals surface area contributed by atoms with E-state index in [0.717, 1.165) is 0 Å². The molecule has 18 heavy (non-hydrogen) atoms. The Bertz CT molecular complexity index is 473. The summed E-state index contributed by atoms with van der Waals surface area (Å²) >= 11 is 6.01. The largest absolute Gasteiger partial charge is 0.480 e. The molecule has 1 heterocycles. The molecule has 6 nitrogen and oxygen atoms in total. The number of methoxy groups -OCH3 is 1. The van der Waals surface area contributed by atoms with Crippen LogP contribution in [-0.2, 0) is 9.53 Å². The summed E-state index contributed by atoms with van der Waals surface area (Å²) in [6, 6.07) is 3.40. The van der Waals surface area contributed by atoms with Gasteiger partial charge >= 0.3 is 5.97 Å². The van der Waals surface area contributed by atoms with Gasteiger partial charge in [-0.1, -0.05) is 11.6 Å². The number of carbonyl (C=O) groups is 1. The topological polar surface area (TPSA) is 86.4 Å². The molecular weight excluding hydrogens is 258 g/mol. The Balaban J connectivity index is 3.04. The number of pyridine rings is 1. The van der Waals surface area contributed by atoms with Crippen molar-refractivity contribution < 1.29 is 14.6 Å². The summed E-state index contributed by atoms with van der Waals surface area (Å²) in [7, 11) is 1.51. The number of rotatable bonds is 6. The van der Waals surface area contributed by atoms with Crippen molar-refractivity contribution in [3.63, 3.8) is 0 Å². The number of carboxylic acid groups (broad SMARTS) is 1. The Morgan fingerprint density at radius 2 is 2.44 bits per heavy atom. The fraction of sp³-hybridized carbons (Fsp3) is 0.364. The van der Waals surface area contributed by atoms with E-state index in [9.17, 15) is 4.79 Å². The highest BCUT2D eigenvalue weighted by molar-refractivity contribution is 6.34. The molecule has 0 spiro atoms. The van der Waals surface area contributed by atoms with Crippen LogP contribution in [0.2, 0.25) is 5.02 Å². The predicted molar refractivity (Wildman–Crippen MR) is 65.7 cm³/mol. The molecule has 0 atom stereocenters. The van der Waals surface area contributed by atoms with Gasteiger partial charge in [-0.25, -0.2) is 4.98 Å². The van der Waals surface area contributed by atoms with Gasteiger partial charge in [0.2, 0.25) is 0 Å². The average Bonchev–Trinajstić information content (AvgIpc) is 2.34. The molecule has 96 valence electrons. The summed E-state index contributed by atoms with van der Waals surface area (Å²) in [5, 5.41) is 17.9.